The third-order valence-electron chi connectivity index (χ3n) is 4.27. The highest BCUT2D eigenvalue weighted by Gasteiger charge is 2.19. The molecule has 1 aliphatic heterocycles. The fourth-order valence-electron chi connectivity index (χ4n) is 3.13. The molecule has 1 fully saturated rings. The van der Waals surface area contributed by atoms with Gasteiger partial charge in [-0.15, -0.1) is 0 Å². The molecule has 0 N–H and O–H groups in total. The Hall–Kier alpha value is -2.14. The minimum absolute atomic E-state index is 0.285. The van der Waals surface area contributed by atoms with Crippen LogP contribution in [0.3, 0.4) is 0 Å². The van der Waals surface area contributed by atoms with Crippen molar-refractivity contribution in [3.05, 3.63) is 47.5 Å². The maximum absolute atomic E-state index is 6.18. The summed E-state index contributed by atoms with van der Waals surface area (Å²) in [5.74, 6) is 0.867. The summed E-state index contributed by atoms with van der Waals surface area (Å²) >= 11 is 6.18. The number of hydrogen-bond acceptors (Lipinski definition) is 4. The molecule has 0 radical (unpaired) electrons. The number of benzene rings is 1. The Kier molecular flexibility index (Phi) is 3.87. The normalized spacial score (nSPS) is 15.3. The lowest BCUT2D eigenvalue weighted by Crippen LogP contribution is -2.30. The maximum Gasteiger partial charge on any atom is 0.226 e. The topological polar surface area (TPSA) is 46.8 Å². The number of aromatic nitrogens is 4. The van der Waals surface area contributed by atoms with Crippen molar-refractivity contribution in [1.82, 2.24) is 19.5 Å². The van der Waals surface area contributed by atoms with Crippen LogP contribution in [-0.2, 0) is 6.54 Å². The Balaban J connectivity index is 1.75. The van der Waals surface area contributed by atoms with E-state index in [-0.39, 0.29) is 5.28 Å². The summed E-state index contributed by atoms with van der Waals surface area (Å²) in [5.41, 5.74) is 2.85. The zero-order valence-corrected chi connectivity index (χ0v) is 13.6. The van der Waals surface area contributed by atoms with E-state index in [0.717, 1.165) is 36.6 Å². The molecule has 3 heterocycles. The van der Waals surface area contributed by atoms with Crippen LogP contribution in [0.5, 0.6) is 0 Å². The van der Waals surface area contributed by atoms with Crippen molar-refractivity contribution in [2.45, 2.75) is 25.8 Å². The van der Waals surface area contributed by atoms with Crippen molar-refractivity contribution in [2.75, 3.05) is 18.0 Å². The molecular formula is C17H18ClN5. The van der Waals surface area contributed by atoms with Gasteiger partial charge in [-0.3, -0.25) is 0 Å². The largest absolute Gasteiger partial charge is 0.355 e. The van der Waals surface area contributed by atoms with E-state index in [0.29, 0.717) is 0 Å². The molecule has 4 rings (SSSR count). The molecule has 0 amide bonds. The lowest BCUT2D eigenvalue weighted by atomic mass is 10.1. The molecule has 0 spiro atoms. The molecule has 0 saturated carbocycles. The number of halogens is 1. The number of hydrogen-bond donors (Lipinski definition) is 0. The molecule has 23 heavy (non-hydrogen) atoms. The maximum atomic E-state index is 6.18. The number of anilines is 1. The van der Waals surface area contributed by atoms with Crippen LogP contribution < -0.4 is 4.90 Å². The first-order chi connectivity index (χ1) is 11.3. The number of piperidine rings is 1. The fraction of sp³-hybridized carbons (Fsp3) is 0.353. The Labute approximate surface area is 139 Å². The van der Waals surface area contributed by atoms with Gasteiger partial charge < -0.3 is 9.47 Å². The standard InChI is InChI=1S/C17H18ClN5/c18-17-20-15(22-9-5-2-6-10-22)14-16(21-17)23(12-19-14)11-13-7-3-1-4-8-13/h1,3-4,7-8,12H,2,5-6,9-11H2. The van der Waals surface area contributed by atoms with E-state index in [1.807, 2.05) is 29.1 Å². The Bertz CT molecular complexity index is 808. The predicted octanol–water partition coefficient (Wildman–Crippen LogP) is 3.52. The first kappa shape index (κ1) is 14.5. The molecule has 118 valence electrons. The third kappa shape index (κ3) is 2.88. The predicted molar refractivity (Wildman–Crippen MR) is 91.9 cm³/mol. The first-order valence-corrected chi connectivity index (χ1v) is 8.36. The van der Waals surface area contributed by atoms with Gasteiger partial charge in [-0.1, -0.05) is 30.3 Å². The lowest BCUT2D eigenvalue weighted by molar-refractivity contribution is 0.574. The van der Waals surface area contributed by atoms with Gasteiger partial charge in [0.1, 0.15) is 0 Å². The summed E-state index contributed by atoms with van der Waals surface area (Å²) in [6, 6.07) is 10.3. The molecule has 1 aliphatic rings. The molecule has 6 heteroatoms. The molecule has 1 saturated heterocycles. The van der Waals surface area contributed by atoms with Crippen molar-refractivity contribution >= 4 is 28.6 Å². The van der Waals surface area contributed by atoms with Crippen molar-refractivity contribution in [2.24, 2.45) is 0 Å². The Morgan fingerprint density at radius 1 is 1.00 bits per heavy atom. The summed E-state index contributed by atoms with van der Waals surface area (Å²) in [7, 11) is 0. The molecule has 2 aromatic heterocycles. The summed E-state index contributed by atoms with van der Waals surface area (Å²) < 4.78 is 2.03. The van der Waals surface area contributed by atoms with Crippen molar-refractivity contribution < 1.29 is 0 Å². The van der Waals surface area contributed by atoms with E-state index < -0.39 is 0 Å². The van der Waals surface area contributed by atoms with Gasteiger partial charge in [-0.25, -0.2) is 4.98 Å². The van der Waals surface area contributed by atoms with Crippen LogP contribution in [0.25, 0.3) is 11.2 Å². The molecule has 0 atom stereocenters. The summed E-state index contributed by atoms with van der Waals surface area (Å²) in [6.07, 6.45) is 5.48. The van der Waals surface area contributed by atoms with Crippen LogP contribution >= 0.6 is 11.6 Å². The average molecular weight is 328 g/mol. The zero-order valence-electron chi connectivity index (χ0n) is 12.8. The van der Waals surface area contributed by atoms with E-state index in [1.54, 1.807) is 0 Å². The second-order valence-electron chi connectivity index (χ2n) is 5.89. The summed E-state index contributed by atoms with van der Waals surface area (Å²) in [6.45, 7) is 2.74. The minimum Gasteiger partial charge on any atom is -0.355 e. The van der Waals surface area contributed by atoms with Crippen molar-refractivity contribution in [1.29, 1.82) is 0 Å². The Morgan fingerprint density at radius 2 is 1.78 bits per heavy atom. The third-order valence-corrected chi connectivity index (χ3v) is 4.44. The van der Waals surface area contributed by atoms with E-state index in [4.69, 9.17) is 11.6 Å². The van der Waals surface area contributed by atoms with Gasteiger partial charge in [0.25, 0.3) is 0 Å². The van der Waals surface area contributed by atoms with E-state index in [2.05, 4.69) is 32.0 Å². The smallest absolute Gasteiger partial charge is 0.226 e. The highest BCUT2D eigenvalue weighted by Crippen LogP contribution is 2.27. The van der Waals surface area contributed by atoms with Gasteiger partial charge in [-0.05, 0) is 36.4 Å². The number of rotatable bonds is 3. The molecular weight excluding hydrogens is 310 g/mol. The van der Waals surface area contributed by atoms with Crippen LogP contribution in [0.4, 0.5) is 5.82 Å². The SMILES string of the molecule is Clc1nc(N2CCCCC2)c2ncn(Cc3ccccc3)c2n1. The number of imidazole rings is 1. The van der Waals surface area contributed by atoms with Crippen LogP contribution in [0, 0.1) is 0 Å². The monoisotopic (exact) mass is 327 g/mol. The minimum atomic E-state index is 0.285. The van der Waals surface area contributed by atoms with Gasteiger partial charge in [0.2, 0.25) is 5.28 Å². The molecule has 3 aromatic rings. The van der Waals surface area contributed by atoms with Crippen LogP contribution in [0.15, 0.2) is 36.7 Å². The Morgan fingerprint density at radius 3 is 2.57 bits per heavy atom. The molecule has 0 aliphatic carbocycles. The second kappa shape index (κ2) is 6.16. The van der Waals surface area contributed by atoms with Gasteiger partial charge in [0.15, 0.2) is 17.0 Å². The highest BCUT2D eigenvalue weighted by molar-refractivity contribution is 6.28. The highest BCUT2D eigenvalue weighted by atomic mass is 35.5. The summed E-state index contributed by atoms with van der Waals surface area (Å²) in [5, 5.41) is 0.285. The lowest BCUT2D eigenvalue weighted by Gasteiger charge is -2.27. The zero-order chi connectivity index (χ0) is 15.6. The van der Waals surface area contributed by atoms with E-state index >= 15 is 0 Å². The average Bonchev–Trinajstić information content (AvgIpc) is 2.99. The number of nitrogens with zero attached hydrogens (tertiary/aromatic N) is 5. The van der Waals surface area contributed by atoms with Gasteiger partial charge in [0, 0.05) is 13.1 Å². The van der Waals surface area contributed by atoms with Crippen LogP contribution in [-0.4, -0.2) is 32.6 Å². The van der Waals surface area contributed by atoms with E-state index in [1.165, 1.54) is 24.8 Å². The second-order valence-corrected chi connectivity index (χ2v) is 6.23. The van der Waals surface area contributed by atoms with Crippen molar-refractivity contribution in [3.63, 3.8) is 0 Å². The quantitative estimate of drug-likeness (QED) is 0.691. The van der Waals surface area contributed by atoms with Gasteiger partial charge in [-0.2, -0.15) is 9.97 Å². The molecule has 0 unspecified atom stereocenters. The number of fused-ring (bicyclic) bond motifs is 1. The molecule has 0 bridgehead atoms. The molecule has 1 aromatic carbocycles. The van der Waals surface area contributed by atoms with Gasteiger partial charge >= 0.3 is 0 Å². The summed E-state index contributed by atoms with van der Waals surface area (Å²) in [4.78, 5) is 15.7. The first-order valence-electron chi connectivity index (χ1n) is 7.98. The van der Waals surface area contributed by atoms with Gasteiger partial charge in [0.05, 0.1) is 12.9 Å². The molecule has 5 nitrogen and oxygen atoms in total. The van der Waals surface area contributed by atoms with Crippen LogP contribution in [0.1, 0.15) is 24.8 Å². The van der Waals surface area contributed by atoms with Crippen LogP contribution in [0.2, 0.25) is 5.28 Å². The fourth-order valence-corrected chi connectivity index (χ4v) is 3.29. The van der Waals surface area contributed by atoms with E-state index in [9.17, 15) is 0 Å². The van der Waals surface area contributed by atoms with Crippen molar-refractivity contribution in [3.8, 4) is 0 Å².